The highest BCUT2D eigenvalue weighted by atomic mass is 79.9. The molecule has 0 bridgehead atoms. The van der Waals surface area contributed by atoms with E-state index >= 15 is 0 Å². The van der Waals surface area contributed by atoms with E-state index < -0.39 is 0 Å². The summed E-state index contributed by atoms with van der Waals surface area (Å²) in [5.74, 6) is 0.830. The highest BCUT2D eigenvalue weighted by Gasteiger charge is 2.39. The number of carbonyl (C=O) groups excluding carboxylic acids is 2. The molecule has 0 saturated carbocycles. The maximum atomic E-state index is 12.7. The van der Waals surface area contributed by atoms with Gasteiger partial charge in [0.1, 0.15) is 11.8 Å². The zero-order chi connectivity index (χ0) is 15.0. The van der Waals surface area contributed by atoms with E-state index in [2.05, 4.69) is 15.9 Å². The molecule has 1 atom stereocenters. The zero-order valence-electron chi connectivity index (χ0n) is 11.8. The molecule has 1 unspecified atom stereocenters. The van der Waals surface area contributed by atoms with Crippen molar-refractivity contribution in [1.82, 2.24) is 4.90 Å². The van der Waals surface area contributed by atoms with Crippen molar-refractivity contribution < 1.29 is 14.3 Å². The highest BCUT2D eigenvalue weighted by molar-refractivity contribution is 9.10. The number of nitrogens with zero attached hydrogens (tertiary/aromatic N) is 2. The molecule has 1 aromatic carbocycles. The minimum Gasteiger partial charge on any atom is -0.496 e. The summed E-state index contributed by atoms with van der Waals surface area (Å²) in [6.07, 6.45) is 2.05. The van der Waals surface area contributed by atoms with Gasteiger partial charge in [-0.05, 0) is 47.0 Å². The van der Waals surface area contributed by atoms with Gasteiger partial charge in [-0.15, -0.1) is 0 Å². The monoisotopic (exact) mass is 352 g/mol. The summed E-state index contributed by atoms with van der Waals surface area (Å²) in [5.41, 5.74) is 0.800. The Bertz CT molecular complexity index is 590. The summed E-state index contributed by atoms with van der Waals surface area (Å²) < 4.78 is 6.01. The molecule has 0 spiro atoms. The minimum absolute atomic E-state index is 0.0235. The maximum absolute atomic E-state index is 12.7. The third-order valence-corrected chi connectivity index (χ3v) is 4.74. The molecule has 0 radical (unpaired) electrons. The van der Waals surface area contributed by atoms with Crippen molar-refractivity contribution in [2.45, 2.75) is 25.3 Å². The van der Waals surface area contributed by atoms with Gasteiger partial charge in [0.25, 0.3) is 0 Å². The second kappa shape index (κ2) is 5.67. The molecule has 2 aliphatic heterocycles. The van der Waals surface area contributed by atoms with Gasteiger partial charge in [0, 0.05) is 25.2 Å². The molecule has 0 aromatic heterocycles. The quantitative estimate of drug-likeness (QED) is 0.819. The fourth-order valence-electron chi connectivity index (χ4n) is 3.04. The summed E-state index contributed by atoms with van der Waals surface area (Å²) in [5, 5.41) is 0. The molecule has 2 aliphatic rings. The summed E-state index contributed by atoms with van der Waals surface area (Å²) in [6, 6.07) is 5.26. The van der Waals surface area contributed by atoms with Crippen LogP contribution < -0.4 is 9.64 Å². The lowest BCUT2D eigenvalue weighted by Gasteiger charge is -2.25. The van der Waals surface area contributed by atoms with Gasteiger partial charge in [-0.25, -0.2) is 0 Å². The number of methoxy groups -OCH3 is 1. The van der Waals surface area contributed by atoms with Crippen LogP contribution in [0.3, 0.4) is 0 Å². The lowest BCUT2D eigenvalue weighted by molar-refractivity contribution is -0.135. The number of benzene rings is 1. The van der Waals surface area contributed by atoms with E-state index in [1.807, 2.05) is 18.2 Å². The first-order valence-corrected chi connectivity index (χ1v) is 7.85. The fourth-order valence-corrected chi connectivity index (χ4v) is 3.57. The smallest absolute Gasteiger partial charge is 0.249 e. The molecule has 112 valence electrons. The average molecular weight is 353 g/mol. The molecule has 2 amide bonds. The van der Waals surface area contributed by atoms with Crippen LogP contribution in [-0.4, -0.2) is 43.0 Å². The van der Waals surface area contributed by atoms with E-state index in [1.54, 1.807) is 16.9 Å². The standard InChI is InChI=1S/C15H17BrN2O3/c1-21-13-5-4-10(9-11(13)16)17-8-6-14(19)18-7-2-3-12(18)15(17)20/h4-5,9,12H,2-3,6-8H2,1H3. The number of hydrogen-bond acceptors (Lipinski definition) is 3. The van der Waals surface area contributed by atoms with Gasteiger partial charge in [-0.2, -0.15) is 0 Å². The van der Waals surface area contributed by atoms with Crippen molar-refractivity contribution in [3.05, 3.63) is 22.7 Å². The van der Waals surface area contributed by atoms with Crippen molar-refractivity contribution in [1.29, 1.82) is 0 Å². The van der Waals surface area contributed by atoms with Gasteiger partial charge in [0.15, 0.2) is 0 Å². The number of anilines is 1. The zero-order valence-corrected chi connectivity index (χ0v) is 13.4. The summed E-state index contributed by atoms with van der Waals surface area (Å²) in [6.45, 7) is 1.14. The molecule has 3 rings (SSSR count). The van der Waals surface area contributed by atoms with Crippen LogP contribution in [0.2, 0.25) is 0 Å². The van der Waals surface area contributed by atoms with Crippen LogP contribution in [0.4, 0.5) is 5.69 Å². The fraction of sp³-hybridized carbons (Fsp3) is 0.467. The van der Waals surface area contributed by atoms with Gasteiger partial charge in [-0.3, -0.25) is 9.59 Å². The van der Waals surface area contributed by atoms with Gasteiger partial charge in [0.2, 0.25) is 11.8 Å². The highest BCUT2D eigenvalue weighted by Crippen LogP contribution is 2.32. The third-order valence-electron chi connectivity index (χ3n) is 4.12. The first kappa shape index (κ1) is 14.4. The molecule has 0 N–H and O–H groups in total. The Labute approximate surface area is 132 Å². The van der Waals surface area contributed by atoms with Crippen LogP contribution in [0.1, 0.15) is 19.3 Å². The Hall–Kier alpha value is -1.56. The van der Waals surface area contributed by atoms with E-state index in [1.165, 1.54) is 0 Å². The molecule has 5 nitrogen and oxygen atoms in total. The Morgan fingerprint density at radius 2 is 2.10 bits per heavy atom. The van der Waals surface area contributed by atoms with E-state index in [0.29, 0.717) is 19.5 Å². The molecule has 2 fully saturated rings. The van der Waals surface area contributed by atoms with Crippen molar-refractivity contribution in [3.63, 3.8) is 0 Å². The first-order valence-electron chi connectivity index (χ1n) is 7.06. The Morgan fingerprint density at radius 3 is 2.81 bits per heavy atom. The van der Waals surface area contributed by atoms with Crippen molar-refractivity contribution in [2.24, 2.45) is 0 Å². The molecule has 1 aromatic rings. The molecular formula is C15H17BrN2O3. The van der Waals surface area contributed by atoms with Crippen LogP contribution in [-0.2, 0) is 9.59 Å². The average Bonchev–Trinajstić information content (AvgIpc) is 2.92. The number of hydrogen-bond donors (Lipinski definition) is 0. The summed E-state index contributed by atoms with van der Waals surface area (Å²) in [4.78, 5) is 28.3. The molecule has 2 saturated heterocycles. The van der Waals surface area contributed by atoms with Gasteiger partial charge in [-0.1, -0.05) is 0 Å². The summed E-state index contributed by atoms with van der Waals surface area (Å²) in [7, 11) is 1.60. The van der Waals surface area contributed by atoms with E-state index in [0.717, 1.165) is 28.8 Å². The van der Waals surface area contributed by atoms with Crippen LogP contribution in [0.25, 0.3) is 0 Å². The van der Waals surface area contributed by atoms with E-state index in [-0.39, 0.29) is 17.9 Å². The predicted molar refractivity (Wildman–Crippen MR) is 82.4 cm³/mol. The lowest BCUT2D eigenvalue weighted by atomic mass is 10.2. The number of fused-ring (bicyclic) bond motifs is 1. The Kier molecular flexibility index (Phi) is 3.89. The number of rotatable bonds is 2. The van der Waals surface area contributed by atoms with E-state index in [4.69, 9.17) is 4.74 Å². The minimum atomic E-state index is -0.291. The third kappa shape index (κ3) is 2.52. The molecule has 21 heavy (non-hydrogen) atoms. The van der Waals surface area contributed by atoms with Crippen molar-refractivity contribution >= 4 is 33.4 Å². The number of carbonyl (C=O) groups is 2. The molecule has 0 aliphatic carbocycles. The Morgan fingerprint density at radius 1 is 1.29 bits per heavy atom. The van der Waals surface area contributed by atoms with Crippen LogP contribution >= 0.6 is 15.9 Å². The number of ether oxygens (including phenoxy) is 1. The largest absolute Gasteiger partial charge is 0.496 e. The topological polar surface area (TPSA) is 49.9 Å². The second-order valence-corrected chi connectivity index (χ2v) is 6.16. The molecule has 2 heterocycles. The predicted octanol–water partition coefficient (Wildman–Crippen LogP) is 2.19. The van der Waals surface area contributed by atoms with Gasteiger partial charge < -0.3 is 14.5 Å². The number of amides is 2. The van der Waals surface area contributed by atoms with Crippen molar-refractivity contribution in [2.75, 3.05) is 25.1 Å². The second-order valence-electron chi connectivity index (χ2n) is 5.30. The van der Waals surface area contributed by atoms with Crippen LogP contribution in [0.5, 0.6) is 5.75 Å². The van der Waals surface area contributed by atoms with E-state index in [9.17, 15) is 9.59 Å². The molecule has 6 heteroatoms. The Balaban J connectivity index is 1.92. The summed E-state index contributed by atoms with van der Waals surface area (Å²) >= 11 is 3.44. The van der Waals surface area contributed by atoms with Gasteiger partial charge >= 0.3 is 0 Å². The normalized spacial score (nSPS) is 22.3. The van der Waals surface area contributed by atoms with Crippen LogP contribution in [0.15, 0.2) is 22.7 Å². The maximum Gasteiger partial charge on any atom is 0.249 e. The van der Waals surface area contributed by atoms with Gasteiger partial charge in [0.05, 0.1) is 11.6 Å². The lowest BCUT2D eigenvalue weighted by Crippen LogP contribution is -2.43. The van der Waals surface area contributed by atoms with Crippen molar-refractivity contribution in [3.8, 4) is 5.75 Å². The first-order chi connectivity index (χ1) is 10.1. The number of halogens is 1. The van der Waals surface area contributed by atoms with Crippen LogP contribution in [0, 0.1) is 0 Å². The molecular weight excluding hydrogens is 336 g/mol. The SMILES string of the molecule is COc1ccc(N2CCC(=O)N3CCCC3C2=O)cc1Br.